The van der Waals surface area contributed by atoms with Crippen LogP contribution in [0.25, 0.3) is 0 Å². The van der Waals surface area contributed by atoms with E-state index >= 15 is 0 Å². The van der Waals surface area contributed by atoms with E-state index in [1.54, 1.807) is 31.4 Å². The average Bonchev–Trinajstić information content (AvgIpc) is 2.66. The van der Waals surface area contributed by atoms with Crippen molar-refractivity contribution < 1.29 is 9.47 Å². The Morgan fingerprint density at radius 2 is 1.46 bits per heavy atom. The van der Waals surface area contributed by atoms with Gasteiger partial charge in [-0.1, -0.05) is 58.5 Å². The molecular formula is C21H17Cl4NO2. The third-order valence-corrected chi connectivity index (χ3v) is 5.03. The van der Waals surface area contributed by atoms with Gasteiger partial charge in [-0.05, 0) is 47.5 Å². The highest BCUT2D eigenvalue weighted by molar-refractivity contribution is 6.35. The topological polar surface area (TPSA) is 30.5 Å². The number of benzene rings is 3. The first-order chi connectivity index (χ1) is 13.4. The molecule has 0 heterocycles. The summed E-state index contributed by atoms with van der Waals surface area (Å²) in [4.78, 5) is 0. The highest BCUT2D eigenvalue weighted by Crippen LogP contribution is 2.34. The van der Waals surface area contributed by atoms with Gasteiger partial charge in [-0.15, -0.1) is 0 Å². The molecule has 0 bridgehead atoms. The molecule has 3 aromatic carbocycles. The van der Waals surface area contributed by atoms with Gasteiger partial charge >= 0.3 is 0 Å². The van der Waals surface area contributed by atoms with Crippen molar-refractivity contribution in [3.05, 3.63) is 85.8 Å². The van der Waals surface area contributed by atoms with Gasteiger partial charge in [0.25, 0.3) is 0 Å². The first-order valence-electron chi connectivity index (χ1n) is 8.38. The molecule has 0 aliphatic rings. The molecule has 0 fully saturated rings. The van der Waals surface area contributed by atoms with Crippen LogP contribution in [0.5, 0.6) is 11.5 Å². The van der Waals surface area contributed by atoms with E-state index in [1.807, 2.05) is 30.3 Å². The Labute approximate surface area is 184 Å². The molecule has 0 atom stereocenters. The van der Waals surface area contributed by atoms with E-state index < -0.39 is 0 Å². The molecule has 0 radical (unpaired) electrons. The molecule has 3 aromatic rings. The van der Waals surface area contributed by atoms with Gasteiger partial charge < -0.3 is 14.8 Å². The third kappa shape index (κ3) is 5.62. The Kier molecular flexibility index (Phi) is 7.19. The third-order valence-electron chi connectivity index (χ3n) is 3.99. The summed E-state index contributed by atoms with van der Waals surface area (Å²) < 4.78 is 11.3. The molecular weight excluding hydrogens is 440 g/mol. The number of rotatable bonds is 7. The Morgan fingerprint density at radius 3 is 2.11 bits per heavy atom. The van der Waals surface area contributed by atoms with E-state index in [2.05, 4.69) is 5.32 Å². The predicted octanol–water partition coefficient (Wildman–Crippen LogP) is 7.50. The number of hydrogen-bond donors (Lipinski definition) is 1. The van der Waals surface area contributed by atoms with Crippen molar-refractivity contribution in [3.63, 3.8) is 0 Å². The van der Waals surface area contributed by atoms with Crippen molar-refractivity contribution in [3.8, 4) is 11.5 Å². The fourth-order valence-corrected chi connectivity index (χ4v) is 3.45. The number of halogens is 4. The summed E-state index contributed by atoms with van der Waals surface area (Å²) in [6, 6.07) is 16.3. The van der Waals surface area contributed by atoms with Gasteiger partial charge in [0.2, 0.25) is 0 Å². The first-order valence-corrected chi connectivity index (χ1v) is 9.89. The van der Waals surface area contributed by atoms with Crippen molar-refractivity contribution in [2.75, 3.05) is 12.4 Å². The second kappa shape index (κ2) is 9.62. The molecule has 0 spiro atoms. The van der Waals surface area contributed by atoms with Gasteiger partial charge in [-0.3, -0.25) is 0 Å². The second-order valence-corrected chi connectivity index (χ2v) is 7.74. The maximum Gasteiger partial charge on any atom is 0.163 e. The average molecular weight is 457 g/mol. The van der Waals surface area contributed by atoms with Crippen LogP contribution >= 0.6 is 46.4 Å². The van der Waals surface area contributed by atoms with Crippen LogP contribution < -0.4 is 14.8 Å². The second-order valence-electron chi connectivity index (χ2n) is 6.02. The zero-order valence-electron chi connectivity index (χ0n) is 14.9. The lowest BCUT2D eigenvalue weighted by atomic mass is 10.2. The van der Waals surface area contributed by atoms with Crippen molar-refractivity contribution in [1.29, 1.82) is 0 Å². The van der Waals surface area contributed by atoms with Crippen LogP contribution in [0.2, 0.25) is 20.1 Å². The fraction of sp³-hybridized carbons (Fsp3) is 0.143. The van der Waals surface area contributed by atoms with E-state index in [-0.39, 0.29) is 0 Å². The minimum atomic E-state index is 0.377. The zero-order valence-corrected chi connectivity index (χ0v) is 18.0. The number of ether oxygens (including phenoxy) is 2. The quantitative estimate of drug-likeness (QED) is 0.399. The Balaban J connectivity index is 1.72. The Hall–Kier alpha value is -1.78. The predicted molar refractivity (Wildman–Crippen MR) is 118 cm³/mol. The van der Waals surface area contributed by atoms with E-state index in [9.17, 15) is 0 Å². The standard InChI is InChI=1S/C21H17Cl4NO2/c1-27-20-6-14(11-26-18-8-16(23)7-17(24)9-18)19(25)10-21(20)28-12-13-2-4-15(22)5-3-13/h2-10,26H,11-12H2,1H3. The lowest BCUT2D eigenvalue weighted by molar-refractivity contribution is 0.284. The zero-order chi connectivity index (χ0) is 20.1. The van der Waals surface area contributed by atoms with Gasteiger partial charge in [-0.25, -0.2) is 0 Å². The monoisotopic (exact) mass is 455 g/mol. The molecule has 0 saturated carbocycles. The van der Waals surface area contributed by atoms with E-state index in [4.69, 9.17) is 55.9 Å². The van der Waals surface area contributed by atoms with Gasteiger partial charge in [0.15, 0.2) is 11.5 Å². The Bertz CT molecular complexity index is 941. The highest BCUT2D eigenvalue weighted by Gasteiger charge is 2.11. The van der Waals surface area contributed by atoms with Crippen LogP contribution in [0.1, 0.15) is 11.1 Å². The number of nitrogens with one attached hydrogen (secondary N) is 1. The molecule has 146 valence electrons. The molecule has 0 saturated heterocycles. The first kappa shape index (κ1) is 20.9. The summed E-state index contributed by atoms with van der Waals surface area (Å²) >= 11 is 24.4. The Morgan fingerprint density at radius 1 is 0.786 bits per heavy atom. The maximum absolute atomic E-state index is 6.44. The summed E-state index contributed by atoms with van der Waals surface area (Å²) in [5, 5.41) is 5.62. The van der Waals surface area contributed by atoms with Crippen LogP contribution in [0, 0.1) is 0 Å². The number of anilines is 1. The highest BCUT2D eigenvalue weighted by atomic mass is 35.5. The minimum Gasteiger partial charge on any atom is -0.493 e. The van der Waals surface area contributed by atoms with Gasteiger partial charge in [-0.2, -0.15) is 0 Å². The van der Waals surface area contributed by atoms with E-state index in [0.717, 1.165) is 16.8 Å². The summed E-state index contributed by atoms with van der Waals surface area (Å²) in [7, 11) is 1.59. The molecule has 0 unspecified atom stereocenters. The van der Waals surface area contributed by atoms with Crippen molar-refractivity contribution in [2.24, 2.45) is 0 Å². The number of hydrogen-bond acceptors (Lipinski definition) is 3. The molecule has 28 heavy (non-hydrogen) atoms. The smallest absolute Gasteiger partial charge is 0.163 e. The van der Waals surface area contributed by atoms with Gasteiger partial charge in [0.05, 0.1) is 7.11 Å². The summed E-state index contributed by atoms with van der Waals surface area (Å²) in [5.41, 5.74) is 2.65. The number of methoxy groups -OCH3 is 1. The van der Waals surface area contributed by atoms with Gasteiger partial charge in [0.1, 0.15) is 6.61 Å². The van der Waals surface area contributed by atoms with Gasteiger partial charge in [0, 0.05) is 38.4 Å². The fourth-order valence-electron chi connectivity index (χ4n) is 2.58. The summed E-state index contributed by atoms with van der Waals surface area (Å²) in [5.74, 6) is 1.16. The van der Waals surface area contributed by atoms with E-state index in [1.165, 1.54) is 0 Å². The van der Waals surface area contributed by atoms with Crippen LogP contribution in [-0.2, 0) is 13.2 Å². The SMILES string of the molecule is COc1cc(CNc2cc(Cl)cc(Cl)c2)c(Cl)cc1OCc1ccc(Cl)cc1. The van der Waals surface area contributed by atoms with Crippen LogP contribution in [0.15, 0.2) is 54.6 Å². The summed E-state index contributed by atoms with van der Waals surface area (Å²) in [6.45, 7) is 0.853. The molecule has 3 nitrogen and oxygen atoms in total. The van der Waals surface area contributed by atoms with Crippen molar-refractivity contribution in [2.45, 2.75) is 13.2 Å². The van der Waals surface area contributed by atoms with Crippen LogP contribution in [0.4, 0.5) is 5.69 Å². The van der Waals surface area contributed by atoms with E-state index in [0.29, 0.717) is 44.7 Å². The minimum absolute atomic E-state index is 0.377. The lowest BCUT2D eigenvalue weighted by Gasteiger charge is -2.15. The molecule has 0 aliphatic heterocycles. The van der Waals surface area contributed by atoms with Crippen molar-refractivity contribution >= 4 is 52.1 Å². The molecule has 0 aromatic heterocycles. The molecule has 0 amide bonds. The maximum atomic E-state index is 6.44. The molecule has 3 rings (SSSR count). The largest absolute Gasteiger partial charge is 0.493 e. The molecule has 0 aliphatic carbocycles. The molecule has 1 N–H and O–H groups in total. The van der Waals surface area contributed by atoms with Crippen LogP contribution in [0.3, 0.4) is 0 Å². The lowest BCUT2D eigenvalue weighted by Crippen LogP contribution is -2.03. The summed E-state index contributed by atoms with van der Waals surface area (Å²) in [6.07, 6.45) is 0. The normalized spacial score (nSPS) is 10.6. The van der Waals surface area contributed by atoms with Crippen LogP contribution in [-0.4, -0.2) is 7.11 Å². The molecule has 7 heteroatoms. The van der Waals surface area contributed by atoms with Crippen molar-refractivity contribution in [1.82, 2.24) is 0 Å².